The molecule has 0 aromatic heterocycles. The van der Waals surface area contributed by atoms with Crippen LogP contribution in [0.1, 0.15) is 47.5 Å². The van der Waals surface area contributed by atoms with Gasteiger partial charge in [-0.1, -0.05) is 27.2 Å². The third-order valence-corrected chi connectivity index (χ3v) is 4.56. The zero-order valence-electron chi connectivity index (χ0n) is 13.5. The van der Waals surface area contributed by atoms with Crippen LogP contribution in [-0.4, -0.2) is 48.1 Å². The molecule has 4 atom stereocenters. The van der Waals surface area contributed by atoms with Crippen LogP contribution < -0.4 is 5.32 Å². The van der Waals surface area contributed by atoms with Gasteiger partial charge in [0.15, 0.2) is 0 Å². The summed E-state index contributed by atoms with van der Waals surface area (Å²) in [6.07, 6.45) is 1.44. The minimum Gasteiger partial charge on any atom is -0.383 e. The first-order valence-corrected chi connectivity index (χ1v) is 7.46. The van der Waals surface area contributed by atoms with Crippen LogP contribution in [0.2, 0.25) is 0 Å². The molecule has 0 radical (unpaired) electrons. The predicted octanol–water partition coefficient (Wildman–Crippen LogP) is 1.56. The largest absolute Gasteiger partial charge is 0.383 e. The summed E-state index contributed by atoms with van der Waals surface area (Å²) >= 11 is 0. The predicted molar refractivity (Wildman–Crippen MR) is 78.3 cm³/mol. The van der Waals surface area contributed by atoms with Gasteiger partial charge in [-0.3, -0.25) is 9.59 Å². The number of carbonyl (C=O) groups is 2. The fourth-order valence-electron chi connectivity index (χ4n) is 2.83. The number of hydrogen-bond acceptors (Lipinski definition) is 3. The maximum atomic E-state index is 12.8. The Balaban J connectivity index is 3.14. The van der Waals surface area contributed by atoms with Crippen molar-refractivity contribution in [3.8, 4) is 0 Å². The average Bonchev–Trinajstić information content (AvgIpc) is 2.42. The van der Waals surface area contributed by atoms with E-state index >= 15 is 0 Å². The van der Waals surface area contributed by atoms with Crippen LogP contribution in [0.5, 0.6) is 0 Å². The lowest BCUT2D eigenvalue weighted by molar-refractivity contribution is -0.162. The quantitative estimate of drug-likeness (QED) is 0.805. The van der Waals surface area contributed by atoms with Crippen molar-refractivity contribution >= 4 is 11.8 Å². The topological polar surface area (TPSA) is 58.6 Å². The van der Waals surface area contributed by atoms with E-state index in [0.717, 1.165) is 6.42 Å². The van der Waals surface area contributed by atoms with Crippen LogP contribution in [0, 0.1) is 5.92 Å². The second kappa shape index (κ2) is 6.57. The number of methoxy groups -OCH3 is 1. The molecular formula is C15H28N2O3. The first kappa shape index (κ1) is 17.0. The molecule has 20 heavy (non-hydrogen) atoms. The molecule has 0 saturated carbocycles. The van der Waals surface area contributed by atoms with Crippen molar-refractivity contribution in [2.24, 2.45) is 5.92 Å². The Morgan fingerprint density at radius 2 is 1.95 bits per heavy atom. The number of ether oxygens (including phenoxy) is 1. The summed E-state index contributed by atoms with van der Waals surface area (Å²) in [7, 11) is 1.61. The van der Waals surface area contributed by atoms with Gasteiger partial charge in [0, 0.05) is 7.11 Å². The van der Waals surface area contributed by atoms with E-state index in [2.05, 4.69) is 5.32 Å². The van der Waals surface area contributed by atoms with Gasteiger partial charge in [0.05, 0.1) is 12.6 Å². The lowest BCUT2D eigenvalue weighted by Gasteiger charge is -2.49. The Bertz CT molecular complexity index is 372. The second-order valence-electron chi connectivity index (χ2n) is 5.98. The van der Waals surface area contributed by atoms with Gasteiger partial charge in [-0.2, -0.15) is 0 Å². The lowest BCUT2D eigenvalue weighted by atomic mass is 9.85. The highest BCUT2D eigenvalue weighted by atomic mass is 16.5. The number of piperazine rings is 1. The zero-order valence-corrected chi connectivity index (χ0v) is 13.5. The van der Waals surface area contributed by atoms with E-state index in [9.17, 15) is 9.59 Å². The number of nitrogens with zero attached hydrogens (tertiary/aromatic N) is 1. The molecule has 1 aliphatic heterocycles. The van der Waals surface area contributed by atoms with Crippen molar-refractivity contribution in [2.75, 3.05) is 13.7 Å². The van der Waals surface area contributed by atoms with Gasteiger partial charge in [-0.25, -0.2) is 0 Å². The lowest BCUT2D eigenvalue weighted by Crippen LogP contribution is -2.72. The summed E-state index contributed by atoms with van der Waals surface area (Å²) in [4.78, 5) is 27.0. The third kappa shape index (κ3) is 2.82. The Labute approximate surface area is 122 Å². The molecule has 1 fully saturated rings. The Kier molecular flexibility index (Phi) is 5.57. The average molecular weight is 284 g/mol. The zero-order chi connectivity index (χ0) is 15.5. The van der Waals surface area contributed by atoms with E-state index in [1.54, 1.807) is 12.0 Å². The molecule has 2 amide bonds. The van der Waals surface area contributed by atoms with Gasteiger partial charge in [0.1, 0.15) is 11.6 Å². The molecule has 1 rings (SSSR count). The molecule has 4 unspecified atom stereocenters. The molecule has 1 saturated heterocycles. The highest BCUT2D eigenvalue weighted by Gasteiger charge is 2.50. The maximum absolute atomic E-state index is 12.8. The van der Waals surface area contributed by atoms with E-state index in [0.29, 0.717) is 13.0 Å². The fourth-order valence-corrected chi connectivity index (χ4v) is 2.83. The molecule has 0 aromatic carbocycles. The van der Waals surface area contributed by atoms with Crippen LogP contribution in [0.25, 0.3) is 0 Å². The second-order valence-corrected chi connectivity index (χ2v) is 5.98. The molecule has 116 valence electrons. The van der Waals surface area contributed by atoms with E-state index < -0.39 is 11.6 Å². The fraction of sp³-hybridized carbons (Fsp3) is 0.867. The van der Waals surface area contributed by atoms with Crippen molar-refractivity contribution < 1.29 is 14.3 Å². The number of hydrogen-bond donors (Lipinski definition) is 1. The molecule has 0 aliphatic carbocycles. The summed E-state index contributed by atoms with van der Waals surface area (Å²) in [5.74, 6) is 0.0748. The highest BCUT2D eigenvalue weighted by molar-refractivity contribution is 5.99. The first-order chi connectivity index (χ1) is 9.33. The van der Waals surface area contributed by atoms with Crippen molar-refractivity contribution in [3.05, 3.63) is 0 Å². The number of carbonyl (C=O) groups excluding carboxylic acids is 2. The van der Waals surface area contributed by atoms with Gasteiger partial charge in [-0.05, 0) is 26.2 Å². The van der Waals surface area contributed by atoms with Crippen LogP contribution >= 0.6 is 0 Å². The normalized spacial score (nSPS) is 30.1. The smallest absolute Gasteiger partial charge is 0.246 e. The van der Waals surface area contributed by atoms with Gasteiger partial charge in [-0.15, -0.1) is 0 Å². The van der Waals surface area contributed by atoms with Crippen LogP contribution in [0.15, 0.2) is 0 Å². The molecule has 5 nitrogen and oxygen atoms in total. The van der Waals surface area contributed by atoms with Crippen LogP contribution in [0.3, 0.4) is 0 Å². The van der Waals surface area contributed by atoms with Crippen molar-refractivity contribution in [1.82, 2.24) is 10.2 Å². The Morgan fingerprint density at radius 1 is 1.35 bits per heavy atom. The molecule has 0 aromatic rings. The summed E-state index contributed by atoms with van der Waals surface area (Å²) in [5, 5.41) is 2.91. The standard InChI is InChI=1S/C15H28N2O3/c1-7-10(3)12-13(18)17(11(4)9-20-6)15(5,8-2)14(19)16-12/h10-12H,7-9H2,1-6H3,(H,16,19). The van der Waals surface area contributed by atoms with Gasteiger partial charge >= 0.3 is 0 Å². The van der Waals surface area contributed by atoms with E-state index in [-0.39, 0.29) is 23.8 Å². The summed E-state index contributed by atoms with van der Waals surface area (Å²) < 4.78 is 5.17. The SMILES string of the molecule is CCC(C)C1NC(=O)C(C)(CC)N(C(C)COC)C1=O. The highest BCUT2D eigenvalue weighted by Crippen LogP contribution is 2.29. The van der Waals surface area contributed by atoms with Gasteiger partial charge < -0.3 is 15.0 Å². The summed E-state index contributed by atoms with van der Waals surface area (Å²) in [6.45, 7) is 10.2. The number of nitrogens with one attached hydrogen (secondary N) is 1. The maximum Gasteiger partial charge on any atom is 0.246 e. The van der Waals surface area contributed by atoms with Crippen molar-refractivity contribution in [1.29, 1.82) is 0 Å². The Hall–Kier alpha value is -1.10. The molecule has 0 spiro atoms. The number of amides is 2. The minimum atomic E-state index is -0.793. The monoisotopic (exact) mass is 284 g/mol. The van der Waals surface area contributed by atoms with Crippen molar-refractivity contribution in [3.63, 3.8) is 0 Å². The molecule has 0 bridgehead atoms. The van der Waals surface area contributed by atoms with E-state index in [4.69, 9.17) is 4.74 Å². The number of rotatable bonds is 6. The van der Waals surface area contributed by atoms with Crippen LogP contribution in [-0.2, 0) is 14.3 Å². The van der Waals surface area contributed by atoms with E-state index in [1.165, 1.54) is 0 Å². The Morgan fingerprint density at radius 3 is 2.40 bits per heavy atom. The molecule has 1 heterocycles. The molecule has 1 aliphatic rings. The van der Waals surface area contributed by atoms with Crippen molar-refractivity contribution in [2.45, 2.75) is 65.1 Å². The third-order valence-electron chi connectivity index (χ3n) is 4.56. The van der Waals surface area contributed by atoms with E-state index in [1.807, 2.05) is 34.6 Å². The van der Waals surface area contributed by atoms with Crippen LogP contribution in [0.4, 0.5) is 0 Å². The summed E-state index contributed by atoms with van der Waals surface area (Å²) in [6, 6.07) is -0.540. The molecule has 1 N–H and O–H groups in total. The minimum absolute atomic E-state index is 0.00727. The van der Waals surface area contributed by atoms with Gasteiger partial charge in [0.25, 0.3) is 0 Å². The first-order valence-electron chi connectivity index (χ1n) is 7.46. The summed E-state index contributed by atoms with van der Waals surface area (Å²) in [5.41, 5.74) is -0.793. The molecular weight excluding hydrogens is 256 g/mol. The molecule has 5 heteroatoms. The van der Waals surface area contributed by atoms with Gasteiger partial charge in [0.2, 0.25) is 11.8 Å².